The lowest BCUT2D eigenvalue weighted by molar-refractivity contribution is 0.340. The fourth-order valence-electron chi connectivity index (χ4n) is 2.46. The average Bonchev–Trinajstić information content (AvgIpc) is 2.71. The van der Waals surface area contributed by atoms with E-state index < -0.39 is 0 Å². The smallest absolute Gasteiger partial charge is 0.207 e. The molecule has 0 heterocycles. The third-order valence-corrected chi connectivity index (χ3v) is 3.90. The highest BCUT2D eigenvalue weighted by atomic mass is 32.1. The first-order valence-electron chi connectivity index (χ1n) is 8.99. The Balaban J connectivity index is 1.73. The zero-order valence-corrected chi connectivity index (χ0v) is 16.4. The van der Waals surface area contributed by atoms with Crippen LogP contribution in [0.25, 0.3) is 0 Å². The van der Waals surface area contributed by atoms with Crippen LogP contribution in [0.1, 0.15) is 6.92 Å². The van der Waals surface area contributed by atoms with Gasteiger partial charge in [0.2, 0.25) is 11.1 Å². The third-order valence-electron chi connectivity index (χ3n) is 3.70. The molecule has 0 saturated heterocycles. The summed E-state index contributed by atoms with van der Waals surface area (Å²) in [5, 5.41) is 9.98. The molecule has 5 nitrogen and oxygen atoms in total. The summed E-state index contributed by atoms with van der Waals surface area (Å²) in [6, 6.07) is 27.2. The highest BCUT2D eigenvalue weighted by molar-refractivity contribution is 7.80. The van der Waals surface area contributed by atoms with Gasteiger partial charge in [-0.2, -0.15) is 4.99 Å². The Morgan fingerprint density at radius 1 is 0.750 bits per heavy atom. The molecule has 0 bridgehead atoms. The molecule has 0 fully saturated rings. The van der Waals surface area contributed by atoms with Crippen LogP contribution < -0.4 is 20.7 Å². The summed E-state index contributed by atoms with van der Waals surface area (Å²) >= 11 is 5.42. The van der Waals surface area contributed by atoms with E-state index in [1.54, 1.807) is 0 Å². The van der Waals surface area contributed by atoms with Gasteiger partial charge in [0.15, 0.2) is 0 Å². The van der Waals surface area contributed by atoms with Gasteiger partial charge in [0.05, 0.1) is 6.61 Å². The Morgan fingerprint density at radius 2 is 1.25 bits per heavy atom. The minimum absolute atomic E-state index is 0.339. The van der Waals surface area contributed by atoms with Gasteiger partial charge < -0.3 is 20.7 Å². The lowest BCUT2D eigenvalue weighted by atomic mass is 10.3. The first-order chi connectivity index (χ1) is 13.7. The first-order valence-corrected chi connectivity index (χ1v) is 9.40. The van der Waals surface area contributed by atoms with E-state index in [1.165, 1.54) is 0 Å². The lowest BCUT2D eigenvalue weighted by Crippen LogP contribution is -2.24. The van der Waals surface area contributed by atoms with Gasteiger partial charge in [0, 0.05) is 17.1 Å². The number of nitrogens with zero attached hydrogens (tertiary/aromatic N) is 1. The summed E-state index contributed by atoms with van der Waals surface area (Å²) < 4.78 is 5.45. The molecule has 0 unspecified atom stereocenters. The van der Waals surface area contributed by atoms with Crippen LogP contribution in [0.15, 0.2) is 89.9 Å². The second-order valence-electron chi connectivity index (χ2n) is 5.83. The Hall–Kier alpha value is -3.38. The first kappa shape index (κ1) is 19.4. The second kappa shape index (κ2) is 10.1. The Morgan fingerprint density at radius 3 is 1.75 bits per heavy atom. The fourth-order valence-corrected chi connectivity index (χ4v) is 2.67. The molecule has 0 amide bonds. The van der Waals surface area contributed by atoms with Crippen LogP contribution in [0, 0.1) is 0 Å². The SMILES string of the molecule is CCOc1ccc(NC(=S)N=C(Nc2ccccc2)Nc2ccccc2)cc1. The number of thiocarbonyl (C=S) groups is 1. The Kier molecular flexibility index (Phi) is 6.98. The number of aliphatic imine (C=N–C) groups is 1. The number of benzene rings is 3. The second-order valence-corrected chi connectivity index (χ2v) is 6.22. The zero-order valence-electron chi connectivity index (χ0n) is 15.6. The van der Waals surface area contributed by atoms with E-state index in [0.717, 1.165) is 22.8 Å². The number of hydrogen-bond acceptors (Lipinski definition) is 2. The van der Waals surface area contributed by atoms with E-state index >= 15 is 0 Å². The highest BCUT2D eigenvalue weighted by Gasteiger charge is 2.04. The van der Waals surface area contributed by atoms with Crippen LogP contribution in [0.3, 0.4) is 0 Å². The Bertz CT molecular complexity index is 869. The molecule has 0 aromatic heterocycles. The molecule has 0 aliphatic rings. The van der Waals surface area contributed by atoms with Gasteiger partial charge in [-0.25, -0.2) is 0 Å². The average molecular weight is 391 g/mol. The number of hydrogen-bond donors (Lipinski definition) is 3. The maximum atomic E-state index is 5.45. The largest absolute Gasteiger partial charge is 0.494 e. The van der Waals surface area contributed by atoms with Crippen LogP contribution in [0.2, 0.25) is 0 Å². The molecule has 0 atom stereocenters. The van der Waals surface area contributed by atoms with Crippen LogP contribution in [0.5, 0.6) is 5.75 Å². The molecule has 0 radical (unpaired) electrons. The van der Waals surface area contributed by atoms with E-state index in [0.29, 0.717) is 17.7 Å². The van der Waals surface area contributed by atoms with Crippen LogP contribution in [-0.4, -0.2) is 17.7 Å². The van der Waals surface area contributed by atoms with Crippen LogP contribution in [-0.2, 0) is 0 Å². The third kappa shape index (κ3) is 6.10. The van der Waals surface area contributed by atoms with Crippen molar-refractivity contribution in [3.05, 3.63) is 84.9 Å². The van der Waals surface area contributed by atoms with Gasteiger partial charge in [0.25, 0.3) is 0 Å². The highest BCUT2D eigenvalue weighted by Crippen LogP contribution is 2.16. The number of para-hydroxylation sites is 2. The summed E-state index contributed by atoms with van der Waals surface area (Å²) in [6.07, 6.45) is 0. The molecular formula is C22H22N4OS. The van der Waals surface area contributed by atoms with Crippen LogP contribution in [0.4, 0.5) is 17.1 Å². The molecule has 0 saturated carbocycles. The van der Waals surface area contributed by atoms with Crippen molar-refractivity contribution >= 4 is 40.4 Å². The normalized spacial score (nSPS) is 9.89. The lowest BCUT2D eigenvalue weighted by Gasteiger charge is -2.13. The minimum atomic E-state index is 0.339. The van der Waals surface area contributed by atoms with Gasteiger partial charge >= 0.3 is 0 Å². The van der Waals surface area contributed by atoms with E-state index in [9.17, 15) is 0 Å². The number of anilines is 3. The van der Waals surface area contributed by atoms with Crippen molar-refractivity contribution in [3.8, 4) is 5.75 Å². The minimum Gasteiger partial charge on any atom is -0.494 e. The van der Waals surface area contributed by atoms with Gasteiger partial charge in [-0.3, -0.25) is 0 Å². The molecule has 3 N–H and O–H groups in total. The van der Waals surface area contributed by atoms with E-state index in [4.69, 9.17) is 17.0 Å². The summed E-state index contributed by atoms with van der Waals surface area (Å²) in [7, 11) is 0. The molecule has 0 aliphatic carbocycles. The maximum absolute atomic E-state index is 5.45. The van der Waals surface area contributed by atoms with Gasteiger partial charge in [-0.15, -0.1) is 0 Å². The molecule has 28 heavy (non-hydrogen) atoms. The zero-order chi connectivity index (χ0) is 19.6. The number of guanidine groups is 1. The predicted molar refractivity (Wildman–Crippen MR) is 121 cm³/mol. The van der Waals surface area contributed by atoms with Gasteiger partial charge in [-0.1, -0.05) is 36.4 Å². The quantitative estimate of drug-likeness (QED) is 0.311. The number of rotatable bonds is 5. The predicted octanol–water partition coefficient (Wildman–Crippen LogP) is 5.36. The van der Waals surface area contributed by atoms with Gasteiger partial charge in [-0.05, 0) is 67.7 Å². The summed E-state index contributed by atoms with van der Waals surface area (Å²) in [6.45, 7) is 2.59. The monoisotopic (exact) mass is 390 g/mol. The standard InChI is InChI=1S/C22H22N4OS/c1-2-27-20-15-13-19(14-16-20)25-22(28)26-21(23-17-9-5-3-6-10-17)24-18-11-7-4-8-12-18/h3-16H,2H2,1H3,(H3,23,24,25,26,28). The number of nitrogens with one attached hydrogen (secondary N) is 3. The van der Waals surface area contributed by atoms with E-state index in [2.05, 4.69) is 20.9 Å². The summed E-state index contributed by atoms with van der Waals surface area (Å²) in [5.41, 5.74) is 2.66. The van der Waals surface area contributed by atoms with Crippen molar-refractivity contribution in [1.82, 2.24) is 0 Å². The fraction of sp³-hybridized carbons (Fsp3) is 0.0909. The van der Waals surface area contributed by atoms with Gasteiger partial charge in [0.1, 0.15) is 5.75 Å². The van der Waals surface area contributed by atoms with Crippen molar-refractivity contribution < 1.29 is 4.74 Å². The maximum Gasteiger partial charge on any atom is 0.207 e. The Labute approximate surface area is 170 Å². The molecule has 3 aromatic carbocycles. The van der Waals surface area contributed by atoms with E-state index in [1.807, 2.05) is 91.9 Å². The molecule has 3 aromatic rings. The molecule has 142 valence electrons. The van der Waals surface area contributed by atoms with Crippen molar-refractivity contribution in [1.29, 1.82) is 0 Å². The van der Waals surface area contributed by atoms with E-state index in [-0.39, 0.29) is 0 Å². The summed E-state index contributed by atoms with van der Waals surface area (Å²) in [5.74, 6) is 1.35. The van der Waals surface area contributed by atoms with Crippen molar-refractivity contribution in [2.45, 2.75) is 6.92 Å². The van der Waals surface area contributed by atoms with Crippen molar-refractivity contribution in [3.63, 3.8) is 0 Å². The van der Waals surface area contributed by atoms with Crippen molar-refractivity contribution in [2.24, 2.45) is 4.99 Å². The van der Waals surface area contributed by atoms with Crippen LogP contribution >= 0.6 is 12.2 Å². The molecule has 6 heteroatoms. The topological polar surface area (TPSA) is 57.7 Å². The molecule has 0 spiro atoms. The summed E-state index contributed by atoms with van der Waals surface area (Å²) in [4.78, 5) is 4.50. The van der Waals surface area contributed by atoms with Crippen molar-refractivity contribution in [2.75, 3.05) is 22.6 Å². The number of ether oxygens (including phenoxy) is 1. The molecule has 3 rings (SSSR count). The molecule has 0 aliphatic heterocycles. The molecular weight excluding hydrogens is 368 g/mol.